The van der Waals surface area contributed by atoms with Crippen LogP contribution in [0.3, 0.4) is 0 Å². The number of rotatable bonds is 5. The predicted molar refractivity (Wildman–Crippen MR) is 99.7 cm³/mol. The number of carbonyl (C=O) groups is 1. The highest BCUT2D eigenvalue weighted by atomic mass is 32.1. The molecule has 2 aromatic carbocycles. The van der Waals surface area contributed by atoms with Crippen LogP contribution in [0.4, 0.5) is 0 Å². The van der Waals surface area contributed by atoms with Crippen molar-refractivity contribution >= 4 is 27.5 Å². The van der Waals surface area contributed by atoms with E-state index in [4.69, 9.17) is 9.47 Å². The quantitative estimate of drug-likeness (QED) is 0.689. The van der Waals surface area contributed by atoms with Gasteiger partial charge in [0.1, 0.15) is 16.5 Å². The molecule has 0 aliphatic heterocycles. The van der Waals surface area contributed by atoms with Crippen LogP contribution in [0.15, 0.2) is 42.5 Å². The minimum atomic E-state index is -0.152. The first kappa shape index (κ1) is 17.2. The lowest BCUT2D eigenvalue weighted by molar-refractivity contribution is 0.0738. The summed E-state index contributed by atoms with van der Waals surface area (Å²) in [4.78, 5) is 19.3. The van der Waals surface area contributed by atoms with Crippen LogP contribution in [0.1, 0.15) is 28.3 Å². The third-order valence-electron chi connectivity index (χ3n) is 4.21. The van der Waals surface area contributed by atoms with Gasteiger partial charge in [-0.25, -0.2) is 4.98 Å². The number of benzene rings is 2. The maximum absolute atomic E-state index is 13.0. The fourth-order valence-corrected chi connectivity index (χ4v) is 3.64. The number of thiazole rings is 1. The van der Waals surface area contributed by atoms with Crippen LogP contribution < -0.4 is 9.47 Å². The van der Waals surface area contributed by atoms with Crippen molar-refractivity contribution in [3.8, 4) is 11.5 Å². The van der Waals surface area contributed by atoms with E-state index in [1.807, 2.05) is 31.2 Å². The van der Waals surface area contributed by atoms with Crippen LogP contribution in [0.2, 0.25) is 0 Å². The number of fused-ring (bicyclic) bond motifs is 1. The van der Waals surface area contributed by atoms with Gasteiger partial charge in [-0.2, -0.15) is 0 Å². The van der Waals surface area contributed by atoms with Gasteiger partial charge in [-0.05, 0) is 37.3 Å². The minimum absolute atomic E-state index is 0.137. The number of amides is 1. The van der Waals surface area contributed by atoms with Gasteiger partial charge in [0.05, 0.1) is 36.0 Å². The van der Waals surface area contributed by atoms with E-state index >= 15 is 0 Å². The van der Waals surface area contributed by atoms with E-state index < -0.39 is 0 Å². The smallest absolute Gasteiger partial charge is 0.258 e. The average Bonchev–Trinajstić information content (AvgIpc) is 3.09. The number of hydrogen-bond donors (Lipinski definition) is 0. The molecule has 0 saturated carbocycles. The molecule has 1 atom stereocenters. The van der Waals surface area contributed by atoms with Crippen LogP contribution in [-0.2, 0) is 0 Å². The Morgan fingerprint density at radius 2 is 1.92 bits per heavy atom. The summed E-state index contributed by atoms with van der Waals surface area (Å²) < 4.78 is 11.7. The van der Waals surface area contributed by atoms with Gasteiger partial charge in [0, 0.05) is 7.05 Å². The Labute approximate surface area is 150 Å². The predicted octanol–water partition coefficient (Wildman–Crippen LogP) is 4.15. The molecule has 0 aliphatic carbocycles. The standard InChI is InChI=1S/C19H20N2O3S/c1-12(18-20-15-7-5-6-8-17(15)25-18)21(2)19(22)14-11-13(23-3)9-10-16(14)24-4/h5-12H,1-4H3/t12-/m1/s1. The molecule has 5 nitrogen and oxygen atoms in total. The topological polar surface area (TPSA) is 51.7 Å². The van der Waals surface area contributed by atoms with Gasteiger partial charge < -0.3 is 14.4 Å². The summed E-state index contributed by atoms with van der Waals surface area (Å²) in [7, 11) is 4.90. The van der Waals surface area contributed by atoms with Crippen molar-refractivity contribution in [2.75, 3.05) is 21.3 Å². The number of para-hydroxylation sites is 1. The van der Waals surface area contributed by atoms with Crippen molar-refractivity contribution in [3.63, 3.8) is 0 Å². The largest absolute Gasteiger partial charge is 0.497 e. The molecule has 1 amide bonds. The molecule has 0 unspecified atom stereocenters. The van der Waals surface area contributed by atoms with Gasteiger partial charge in [-0.1, -0.05) is 12.1 Å². The monoisotopic (exact) mass is 356 g/mol. The molecule has 1 heterocycles. The van der Waals surface area contributed by atoms with Gasteiger partial charge in [0.15, 0.2) is 0 Å². The molecular weight excluding hydrogens is 336 g/mol. The van der Waals surface area contributed by atoms with Crippen LogP contribution in [0, 0.1) is 0 Å². The Morgan fingerprint density at radius 1 is 1.16 bits per heavy atom. The highest BCUT2D eigenvalue weighted by Gasteiger charge is 2.24. The molecule has 130 valence electrons. The zero-order chi connectivity index (χ0) is 18.0. The van der Waals surface area contributed by atoms with E-state index in [0.717, 1.165) is 15.2 Å². The summed E-state index contributed by atoms with van der Waals surface area (Å²) in [6.45, 7) is 1.97. The summed E-state index contributed by atoms with van der Waals surface area (Å²) in [5.74, 6) is 1.00. The third-order valence-corrected chi connectivity index (χ3v) is 5.41. The van der Waals surface area contributed by atoms with E-state index in [1.165, 1.54) is 0 Å². The Balaban J connectivity index is 1.91. The van der Waals surface area contributed by atoms with Crippen LogP contribution in [-0.4, -0.2) is 37.1 Å². The fraction of sp³-hybridized carbons (Fsp3) is 0.263. The molecule has 25 heavy (non-hydrogen) atoms. The van der Waals surface area contributed by atoms with Crippen molar-refractivity contribution < 1.29 is 14.3 Å². The molecule has 0 spiro atoms. The van der Waals surface area contributed by atoms with Crippen LogP contribution >= 0.6 is 11.3 Å². The van der Waals surface area contributed by atoms with Crippen molar-refractivity contribution in [2.24, 2.45) is 0 Å². The van der Waals surface area contributed by atoms with Gasteiger partial charge in [-0.15, -0.1) is 11.3 Å². The number of methoxy groups -OCH3 is 2. The summed E-state index contributed by atoms with van der Waals surface area (Å²) in [5.41, 5.74) is 1.42. The summed E-state index contributed by atoms with van der Waals surface area (Å²) >= 11 is 1.60. The number of nitrogens with zero attached hydrogens (tertiary/aromatic N) is 2. The normalized spacial score (nSPS) is 12.0. The zero-order valence-corrected chi connectivity index (χ0v) is 15.5. The molecule has 1 aromatic heterocycles. The first-order valence-corrected chi connectivity index (χ1v) is 8.71. The van der Waals surface area contributed by atoms with E-state index in [2.05, 4.69) is 4.98 Å². The third kappa shape index (κ3) is 3.30. The highest BCUT2D eigenvalue weighted by molar-refractivity contribution is 7.18. The lowest BCUT2D eigenvalue weighted by Crippen LogP contribution is -2.30. The van der Waals surface area contributed by atoms with Gasteiger partial charge in [0.2, 0.25) is 0 Å². The Kier molecular flexibility index (Phi) is 4.90. The van der Waals surface area contributed by atoms with E-state index in [0.29, 0.717) is 17.1 Å². The highest BCUT2D eigenvalue weighted by Crippen LogP contribution is 2.31. The van der Waals surface area contributed by atoms with E-state index in [-0.39, 0.29) is 11.9 Å². The zero-order valence-electron chi connectivity index (χ0n) is 14.6. The molecule has 6 heteroatoms. The van der Waals surface area contributed by atoms with Gasteiger partial charge in [-0.3, -0.25) is 4.79 Å². The second-order valence-electron chi connectivity index (χ2n) is 5.68. The first-order chi connectivity index (χ1) is 12.0. The van der Waals surface area contributed by atoms with Gasteiger partial charge in [0.25, 0.3) is 5.91 Å². The Hall–Kier alpha value is -2.60. The molecule has 0 N–H and O–H groups in total. The first-order valence-electron chi connectivity index (χ1n) is 7.89. The summed E-state index contributed by atoms with van der Waals surface area (Å²) in [6, 6.07) is 13.0. The van der Waals surface area contributed by atoms with Gasteiger partial charge >= 0.3 is 0 Å². The molecule has 0 radical (unpaired) electrons. The van der Waals surface area contributed by atoms with E-state index in [9.17, 15) is 4.79 Å². The van der Waals surface area contributed by atoms with Crippen molar-refractivity contribution in [2.45, 2.75) is 13.0 Å². The number of carbonyl (C=O) groups excluding carboxylic acids is 1. The van der Waals surface area contributed by atoms with Crippen molar-refractivity contribution in [3.05, 3.63) is 53.0 Å². The summed E-state index contributed by atoms with van der Waals surface area (Å²) in [5, 5.41) is 0.902. The van der Waals surface area contributed by atoms with Crippen LogP contribution in [0.5, 0.6) is 11.5 Å². The van der Waals surface area contributed by atoms with Crippen molar-refractivity contribution in [1.29, 1.82) is 0 Å². The number of hydrogen-bond acceptors (Lipinski definition) is 5. The molecule has 0 fully saturated rings. The maximum Gasteiger partial charge on any atom is 0.258 e. The second-order valence-corrected chi connectivity index (χ2v) is 6.74. The van der Waals surface area contributed by atoms with Crippen molar-refractivity contribution in [1.82, 2.24) is 9.88 Å². The maximum atomic E-state index is 13.0. The van der Waals surface area contributed by atoms with Crippen LogP contribution in [0.25, 0.3) is 10.2 Å². The molecule has 0 bridgehead atoms. The molecule has 0 saturated heterocycles. The molecule has 0 aliphatic rings. The molecule has 3 aromatic rings. The molecule has 3 rings (SSSR count). The van der Waals surface area contributed by atoms with E-state index in [1.54, 1.807) is 55.7 Å². The summed E-state index contributed by atoms with van der Waals surface area (Å²) in [6.07, 6.45) is 0. The Morgan fingerprint density at radius 3 is 2.60 bits per heavy atom. The lowest BCUT2D eigenvalue weighted by Gasteiger charge is -2.24. The Bertz CT molecular complexity index is 874. The number of aromatic nitrogens is 1. The average molecular weight is 356 g/mol. The fourth-order valence-electron chi connectivity index (χ4n) is 2.58. The SMILES string of the molecule is COc1ccc(OC)c(C(=O)N(C)[C@H](C)c2nc3ccccc3s2)c1. The lowest BCUT2D eigenvalue weighted by atomic mass is 10.1. The number of ether oxygens (including phenoxy) is 2. The molecular formula is C19H20N2O3S. The second kappa shape index (κ2) is 7.11. The minimum Gasteiger partial charge on any atom is -0.497 e.